The zero-order valence-electron chi connectivity index (χ0n) is 17.2. The summed E-state index contributed by atoms with van der Waals surface area (Å²) in [4.78, 5) is 32.7. The van der Waals surface area contributed by atoms with Crippen molar-refractivity contribution in [2.45, 2.75) is 33.2 Å². The van der Waals surface area contributed by atoms with Gasteiger partial charge in [-0.15, -0.1) is 0 Å². The van der Waals surface area contributed by atoms with E-state index >= 15 is 0 Å². The van der Waals surface area contributed by atoms with Gasteiger partial charge in [-0.2, -0.15) is 0 Å². The maximum atomic E-state index is 12.6. The highest BCUT2D eigenvalue weighted by molar-refractivity contribution is 5.86. The molecule has 2 rings (SSSR count). The Balaban J connectivity index is 1.83. The second-order valence-corrected chi connectivity index (χ2v) is 6.81. The van der Waals surface area contributed by atoms with E-state index in [0.717, 1.165) is 31.5 Å². The SMILES string of the molecule is CCOC(=O)C1CCN(C(=NC)NCC(=O)N(CC)Cc2ccccc2)CC1. The molecule has 1 aromatic rings. The van der Waals surface area contributed by atoms with Crippen LogP contribution in [-0.2, 0) is 20.9 Å². The average Bonchev–Trinajstić information content (AvgIpc) is 2.73. The number of rotatable bonds is 7. The van der Waals surface area contributed by atoms with Crippen LogP contribution < -0.4 is 5.32 Å². The number of aliphatic imine (C=N–C) groups is 1. The van der Waals surface area contributed by atoms with Gasteiger partial charge in [-0.3, -0.25) is 14.6 Å². The molecule has 0 saturated carbocycles. The van der Waals surface area contributed by atoms with Crippen LogP contribution >= 0.6 is 0 Å². The highest BCUT2D eigenvalue weighted by atomic mass is 16.5. The number of amides is 1. The molecule has 0 unspecified atom stereocenters. The van der Waals surface area contributed by atoms with Gasteiger partial charge in [-0.05, 0) is 32.3 Å². The summed E-state index contributed by atoms with van der Waals surface area (Å²) in [5.41, 5.74) is 1.11. The van der Waals surface area contributed by atoms with Gasteiger partial charge in [0.05, 0.1) is 19.1 Å². The zero-order valence-corrected chi connectivity index (χ0v) is 17.2. The molecule has 28 heavy (non-hydrogen) atoms. The van der Waals surface area contributed by atoms with E-state index in [-0.39, 0.29) is 24.3 Å². The highest BCUT2D eigenvalue weighted by Gasteiger charge is 2.27. The molecule has 0 radical (unpaired) electrons. The lowest BCUT2D eigenvalue weighted by Gasteiger charge is -2.33. The largest absolute Gasteiger partial charge is 0.466 e. The topological polar surface area (TPSA) is 74.2 Å². The van der Waals surface area contributed by atoms with E-state index in [2.05, 4.69) is 15.2 Å². The lowest BCUT2D eigenvalue weighted by Crippen LogP contribution is -2.49. The van der Waals surface area contributed by atoms with Crippen LogP contribution in [0.25, 0.3) is 0 Å². The van der Waals surface area contributed by atoms with Crippen LogP contribution in [0.15, 0.2) is 35.3 Å². The molecule has 1 aliphatic rings. The minimum absolute atomic E-state index is 0.0360. The van der Waals surface area contributed by atoms with Gasteiger partial charge in [0.25, 0.3) is 0 Å². The molecule has 7 nitrogen and oxygen atoms in total. The fourth-order valence-electron chi connectivity index (χ4n) is 3.37. The number of nitrogens with one attached hydrogen (secondary N) is 1. The molecule has 1 aromatic carbocycles. The van der Waals surface area contributed by atoms with Crippen molar-refractivity contribution >= 4 is 17.8 Å². The molecule has 1 saturated heterocycles. The first-order chi connectivity index (χ1) is 13.6. The van der Waals surface area contributed by atoms with Gasteiger partial charge in [-0.1, -0.05) is 30.3 Å². The molecule has 7 heteroatoms. The monoisotopic (exact) mass is 388 g/mol. The number of carbonyl (C=O) groups is 2. The number of benzene rings is 1. The van der Waals surface area contributed by atoms with Crippen molar-refractivity contribution in [3.05, 3.63) is 35.9 Å². The summed E-state index contributed by atoms with van der Waals surface area (Å²) in [6.45, 7) is 7.12. The minimum Gasteiger partial charge on any atom is -0.466 e. The van der Waals surface area contributed by atoms with Crippen molar-refractivity contribution < 1.29 is 14.3 Å². The number of guanidine groups is 1. The van der Waals surface area contributed by atoms with Gasteiger partial charge in [0.15, 0.2) is 5.96 Å². The summed E-state index contributed by atoms with van der Waals surface area (Å²) >= 11 is 0. The average molecular weight is 389 g/mol. The molecule has 0 aliphatic carbocycles. The third-order valence-electron chi connectivity index (χ3n) is 4.97. The van der Waals surface area contributed by atoms with E-state index in [0.29, 0.717) is 25.7 Å². The Morgan fingerprint density at radius 3 is 2.46 bits per heavy atom. The summed E-state index contributed by atoms with van der Waals surface area (Å²) in [6, 6.07) is 9.98. The van der Waals surface area contributed by atoms with Crippen LogP contribution in [0.2, 0.25) is 0 Å². The van der Waals surface area contributed by atoms with E-state index in [1.807, 2.05) is 49.1 Å². The molecule has 0 aromatic heterocycles. The smallest absolute Gasteiger partial charge is 0.309 e. The van der Waals surface area contributed by atoms with Crippen molar-refractivity contribution in [1.82, 2.24) is 15.1 Å². The number of likely N-dealkylation sites (N-methyl/N-ethyl adjacent to an activating group) is 1. The van der Waals surface area contributed by atoms with E-state index in [9.17, 15) is 9.59 Å². The Labute approximate surface area is 167 Å². The van der Waals surface area contributed by atoms with Crippen LogP contribution in [0, 0.1) is 5.92 Å². The molecular weight excluding hydrogens is 356 g/mol. The Hall–Kier alpha value is -2.57. The van der Waals surface area contributed by atoms with Crippen molar-refractivity contribution in [1.29, 1.82) is 0 Å². The number of carbonyl (C=O) groups excluding carboxylic acids is 2. The number of piperidine rings is 1. The minimum atomic E-state index is -0.111. The molecule has 0 atom stereocenters. The normalized spacial score (nSPS) is 15.2. The van der Waals surface area contributed by atoms with E-state index in [1.165, 1.54) is 0 Å². The van der Waals surface area contributed by atoms with E-state index < -0.39 is 0 Å². The van der Waals surface area contributed by atoms with Crippen LogP contribution in [0.1, 0.15) is 32.3 Å². The lowest BCUT2D eigenvalue weighted by molar-refractivity contribution is -0.149. The zero-order chi connectivity index (χ0) is 20.4. The lowest BCUT2D eigenvalue weighted by atomic mass is 9.97. The second kappa shape index (κ2) is 11.3. The molecule has 1 amide bonds. The molecule has 1 N–H and O–H groups in total. The number of hydrogen-bond acceptors (Lipinski definition) is 4. The number of nitrogens with zero attached hydrogens (tertiary/aromatic N) is 3. The van der Waals surface area contributed by atoms with Gasteiger partial charge in [0.2, 0.25) is 5.91 Å². The van der Waals surface area contributed by atoms with Gasteiger partial charge in [0.1, 0.15) is 0 Å². The number of esters is 1. The predicted molar refractivity (Wildman–Crippen MR) is 110 cm³/mol. The highest BCUT2D eigenvalue weighted by Crippen LogP contribution is 2.18. The molecule has 1 fully saturated rings. The first kappa shape index (κ1) is 21.7. The summed E-state index contributed by atoms with van der Waals surface area (Å²) in [5.74, 6) is 0.581. The number of hydrogen-bond donors (Lipinski definition) is 1. The molecule has 154 valence electrons. The van der Waals surface area contributed by atoms with E-state index in [4.69, 9.17) is 4.74 Å². The van der Waals surface area contributed by atoms with Crippen LogP contribution in [-0.4, -0.2) is 67.5 Å². The van der Waals surface area contributed by atoms with Crippen LogP contribution in [0.4, 0.5) is 0 Å². The predicted octanol–water partition coefficient (Wildman–Crippen LogP) is 1.89. The molecule has 0 bridgehead atoms. The van der Waals surface area contributed by atoms with E-state index in [1.54, 1.807) is 7.05 Å². The first-order valence-corrected chi connectivity index (χ1v) is 10.0. The van der Waals surface area contributed by atoms with Crippen molar-refractivity contribution in [2.75, 3.05) is 39.8 Å². The Bertz CT molecular complexity index is 655. The van der Waals surface area contributed by atoms with Gasteiger partial charge >= 0.3 is 5.97 Å². The number of ether oxygens (including phenoxy) is 1. The summed E-state index contributed by atoms with van der Waals surface area (Å²) < 4.78 is 5.12. The van der Waals surface area contributed by atoms with Crippen molar-refractivity contribution in [3.63, 3.8) is 0 Å². The third kappa shape index (κ3) is 6.25. The Kier molecular flexibility index (Phi) is 8.78. The first-order valence-electron chi connectivity index (χ1n) is 10.0. The summed E-state index contributed by atoms with van der Waals surface area (Å²) in [5, 5.41) is 3.18. The molecule has 1 aliphatic heterocycles. The van der Waals surface area contributed by atoms with Crippen molar-refractivity contribution in [2.24, 2.45) is 10.9 Å². The van der Waals surface area contributed by atoms with Crippen LogP contribution in [0.3, 0.4) is 0 Å². The van der Waals surface area contributed by atoms with Crippen molar-refractivity contribution in [3.8, 4) is 0 Å². The number of likely N-dealkylation sites (tertiary alicyclic amines) is 1. The van der Waals surface area contributed by atoms with Crippen LogP contribution in [0.5, 0.6) is 0 Å². The maximum absolute atomic E-state index is 12.6. The third-order valence-corrected chi connectivity index (χ3v) is 4.97. The summed E-state index contributed by atoms with van der Waals surface area (Å²) in [7, 11) is 1.71. The fraction of sp³-hybridized carbons (Fsp3) is 0.571. The Morgan fingerprint density at radius 2 is 1.89 bits per heavy atom. The second-order valence-electron chi connectivity index (χ2n) is 6.81. The molecular formula is C21H32N4O3. The van der Waals surface area contributed by atoms with Gasteiger partial charge < -0.3 is 19.9 Å². The Morgan fingerprint density at radius 1 is 1.21 bits per heavy atom. The fourth-order valence-corrected chi connectivity index (χ4v) is 3.37. The molecule has 1 heterocycles. The quantitative estimate of drug-likeness (QED) is 0.439. The summed E-state index contributed by atoms with van der Waals surface area (Å²) in [6.07, 6.45) is 1.48. The molecule has 0 spiro atoms. The van der Waals surface area contributed by atoms with Gasteiger partial charge in [0, 0.05) is 33.2 Å². The van der Waals surface area contributed by atoms with Gasteiger partial charge in [-0.25, -0.2) is 0 Å². The maximum Gasteiger partial charge on any atom is 0.309 e. The standard InChI is InChI=1S/C21H32N4O3/c1-4-24(16-17-9-7-6-8-10-17)19(26)15-23-21(22-3)25-13-11-18(12-14-25)20(27)28-5-2/h6-10,18H,4-5,11-16H2,1-3H3,(H,22,23).